The normalized spacial score (nSPS) is 25.4. The maximum atomic E-state index is 14.2. The lowest BCUT2D eigenvalue weighted by molar-refractivity contribution is 0.346. The molecule has 0 radical (unpaired) electrons. The van der Waals surface area contributed by atoms with Crippen LogP contribution in [0.15, 0.2) is 60.7 Å². The highest BCUT2D eigenvalue weighted by atomic mass is 19.1. The highest BCUT2D eigenvalue weighted by molar-refractivity contribution is 5.37. The number of hydrogen-bond donors (Lipinski definition) is 0. The summed E-state index contributed by atoms with van der Waals surface area (Å²) in [5.41, 5.74) is 2.14. The van der Waals surface area contributed by atoms with Crippen molar-refractivity contribution >= 4 is 0 Å². The van der Waals surface area contributed by atoms with Crippen LogP contribution in [0.2, 0.25) is 0 Å². The van der Waals surface area contributed by atoms with Crippen LogP contribution >= 0.6 is 0 Å². The Morgan fingerprint density at radius 2 is 1.50 bits per heavy atom. The Labute approximate surface area is 120 Å². The van der Waals surface area contributed by atoms with Crippen molar-refractivity contribution in [3.8, 4) is 0 Å². The van der Waals surface area contributed by atoms with Gasteiger partial charge >= 0.3 is 0 Å². The molecule has 2 aromatic rings. The Hall–Kier alpha value is -1.63. The van der Waals surface area contributed by atoms with Crippen LogP contribution in [0.1, 0.15) is 37.8 Å². The molecule has 0 spiro atoms. The zero-order valence-corrected chi connectivity index (χ0v) is 12.1. The zero-order valence-electron chi connectivity index (χ0n) is 12.1. The third-order valence-corrected chi connectivity index (χ3v) is 4.64. The Bertz CT molecular complexity index is 573. The standard InChI is InChI=1S/C19H21F/c1-18(2,15-9-5-3-6-10-15)14-19(13-17(19)20)16-11-7-4-8-12-16/h3-12,17H,13-14H2,1-2H3. The van der Waals surface area contributed by atoms with Crippen molar-refractivity contribution in [1.29, 1.82) is 0 Å². The molecule has 3 rings (SSSR count). The lowest BCUT2D eigenvalue weighted by Crippen LogP contribution is -2.26. The van der Waals surface area contributed by atoms with E-state index in [2.05, 4.69) is 50.2 Å². The maximum absolute atomic E-state index is 14.2. The predicted octanol–water partition coefficient (Wildman–Crippen LogP) is 5.03. The Balaban J connectivity index is 1.90. The molecule has 2 atom stereocenters. The van der Waals surface area contributed by atoms with E-state index >= 15 is 0 Å². The van der Waals surface area contributed by atoms with Crippen molar-refractivity contribution in [2.75, 3.05) is 0 Å². The Morgan fingerprint density at radius 1 is 1.00 bits per heavy atom. The third-order valence-electron chi connectivity index (χ3n) is 4.64. The van der Waals surface area contributed by atoms with Gasteiger partial charge in [-0.25, -0.2) is 4.39 Å². The van der Waals surface area contributed by atoms with Gasteiger partial charge in [-0.1, -0.05) is 74.5 Å². The van der Waals surface area contributed by atoms with Gasteiger partial charge in [-0.2, -0.15) is 0 Å². The molecule has 0 aliphatic heterocycles. The zero-order chi connectivity index (χ0) is 14.2. The first-order chi connectivity index (χ1) is 9.55. The SMILES string of the molecule is CC(C)(CC1(c2ccccc2)CC1F)c1ccccc1. The lowest BCUT2D eigenvalue weighted by atomic mass is 9.73. The van der Waals surface area contributed by atoms with Gasteiger partial charge in [-0.15, -0.1) is 0 Å². The second kappa shape index (κ2) is 4.73. The van der Waals surface area contributed by atoms with Gasteiger partial charge in [0.15, 0.2) is 0 Å². The van der Waals surface area contributed by atoms with E-state index < -0.39 is 6.17 Å². The van der Waals surface area contributed by atoms with Gasteiger partial charge in [0.2, 0.25) is 0 Å². The van der Waals surface area contributed by atoms with Crippen molar-refractivity contribution in [2.45, 2.75) is 43.7 Å². The lowest BCUT2D eigenvalue weighted by Gasteiger charge is -2.31. The molecule has 104 valence electrons. The summed E-state index contributed by atoms with van der Waals surface area (Å²) >= 11 is 0. The van der Waals surface area contributed by atoms with Gasteiger partial charge in [-0.3, -0.25) is 0 Å². The van der Waals surface area contributed by atoms with Gasteiger partial charge in [-0.05, 0) is 29.4 Å². The molecule has 0 aromatic heterocycles. The first-order valence-corrected chi connectivity index (χ1v) is 7.30. The quantitative estimate of drug-likeness (QED) is 0.729. The van der Waals surface area contributed by atoms with E-state index in [0.29, 0.717) is 6.42 Å². The molecule has 1 heteroatoms. The summed E-state index contributed by atoms with van der Waals surface area (Å²) in [6.45, 7) is 4.44. The Kier molecular flexibility index (Phi) is 3.16. The second-order valence-corrected chi connectivity index (χ2v) is 6.62. The smallest absolute Gasteiger partial charge is 0.111 e. The van der Waals surface area contributed by atoms with E-state index in [-0.39, 0.29) is 10.8 Å². The average Bonchev–Trinajstić information content (AvgIpc) is 3.11. The summed E-state index contributed by atoms with van der Waals surface area (Å²) in [6.07, 6.45) is 0.815. The number of alkyl halides is 1. The summed E-state index contributed by atoms with van der Waals surface area (Å²) in [5, 5.41) is 0. The molecule has 0 amide bonds. The minimum absolute atomic E-state index is 0.0159. The summed E-state index contributed by atoms with van der Waals surface area (Å²) in [5.74, 6) is 0. The highest BCUT2D eigenvalue weighted by Gasteiger charge is 2.58. The molecule has 0 N–H and O–H groups in total. The van der Waals surface area contributed by atoms with Crippen LogP contribution in [0.3, 0.4) is 0 Å². The summed E-state index contributed by atoms with van der Waals surface area (Å²) in [7, 11) is 0. The molecule has 1 aliphatic carbocycles. The number of rotatable bonds is 4. The molecular weight excluding hydrogens is 247 g/mol. The molecule has 0 bridgehead atoms. The summed E-state index contributed by atoms with van der Waals surface area (Å²) in [6, 6.07) is 20.6. The largest absolute Gasteiger partial charge is 0.246 e. The molecule has 2 unspecified atom stereocenters. The number of halogens is 1. The number of hydrogen-bond acceptors (Lipinski definition) is 0. The van der Waals surface area contributed by atoms with Crippen LogP contribution in [0.4, 0.5) is 4.39 Å². The van der Waals surface area contributed by atoms with Crippen LogP contribution in [0.25, 0.3) is 0 Å². The van der Waals surface area contributed by atoms with Crippen molar-refractivity contribution < 1.29 is 4.39 Å². The van der Waals surface area contributed by atoms with Crippen LogP contribution in [-0.2, 0) is 10.8 Å². The van der Waals surface area contributed by atoms with Gasteiger partial charge < -0.3 is 0 Å². The first kappa shape index (κ1) is 13.4. The molecule has 0 saturated heterocycles. The van der Waals surface area contributed by atoms with E-state index in [0.717, 1.165) is 12.0 Å². The van der Waals surface area contributed by atoms with Crippen molar-refractivity contribution in [3.63, 3.8) is 0 Å². The monoisotopic (exact) mass is 268 g/mol. The summed E-state index contributed by atoms with van der Waals surface area (Å²) < 4.78 is 14.2. The molecule has 1 fully saturated rings. The minimum atomic E-state index is -0.701. The molecule has 0 nitrogen and oxygen atoms in total. The van der Waals surface area contributed by atoms with E-state index in [1.165, 1.54) is 5.56 Å². The fraction of sp³-hybridized carbons (Fsp3) is 0.368. The van der Waals surface area contributed by atoms with Crippen molar-refractivity contribution in [2.24, 2.45) is 0 Å². The van der Waals surface area contributed by atoms with Crippen molar-refractivity contribution in [3.05, 3.63) is 71.8 Å². The van der Waals surface area contributed by atoms with Crippen LogP contribution in [-0.4, -0.2) is 6.17 Å². The van der Waals surface area contributed by atoms with Crippen LogP contribution in [0.5, 0.6) is 0 Å². The minimum Gasteiger partial charge on any atom is -0.246 e. The molecule has 20 heavy (non-hydrogen) atoms. The van der Waals surface area contributed by atoms with E-state index in [1.54, 1.807) is 0 Å². The second-order valence-electron chi connectivity index (χ2n) is 6.62. The topological polar surface area (TPSA) is 0 Å². The molecule has 1 aliphatic rings. The van der Waals surface area contributed by atoms with Crippen molar-refractivity contribution in [1.82, 2.24) is 0 Å². The average molecular weight is 268 g/mol. The van der Waals surface area contributed by atoms with E-state index in [9.17, 15) is 4.39 Å². The van der Waals surface area contributed by atoms with Gasteiger partial charge in [0.1, 0.15) is 6.17 Å². The van der Waals surface area contributed by atoms with E-state index in [1.807, 2.05) is 24.3 Å². The fourth-order valence-electron chi connectivity index (χ4n) is 3.39. The molecule has 2 aromatic carbocycles. The van der Waals surface area contributed by atoms with Crippen LogP contribution in [0, 0.1) is 0 Å². The fourth-order valence-corrected chi connectivity index (χ4v) is 3.39. The van der Waals surface area contributed by atoms with Crippen LogP contribution < -0.4 is 0 Å². The van der Waals surface area contributed by atoms with Gasteiger partial charge in [0.25, 0.3) is 0 Å². The molecule has 0 heterocycles. The molecule has 1 saturated carbocycles. The van der Waals surface area contributed by atoms with Gasteiger partial charge in [0, 0.05) is 5.41 Å². The third kappa shape index (κ3) is 2.26. The predicted molar refractivity (Wildman–Crippen MR) is 81.7 cm³/mol. The number of benzene rings is 2. The Morgan fingerprint density at radius 3 is 2.00 bits per heavy atom. The van der Waals surface area contributed by atoms with Gasteiger partial charge in [0.05, 0.1) is 0 Å². The summed E-state index contributed by atoms with van der Waals surface area (Å²) in [4.78, 5) is 0. The van der Waals surface area contributed by atoms with E-state index in [4.69, 9.17) is 0 Å². The maximum Gasteiger partial charge on any atom is 0.111 e. The molecular formula is C19H21F. The first-order valence-electron chi connectivity index (χ1n) is 7.30. The highest BCUT2D eigenvalue weighted by Crippen LogP contribution is 2.57.